The summed E-state index contributed by atoms with van der Waals surface area (Å²) < 4.78 is 0. The second kappa shape index (κ2) is 8.34. The van der Waals surface area contributed by atoms with E-state index in [1.165, 1.54) is 11.3 Å². The van der Waals surface area contributed by atoms with Gasteiger partial charge >= 0.3 is 0 Å². The molecule has 1 atom stereocenters. The molecule has 0 radical (unpaired) electrons. The summed E-state index contributed by atoms with van der Waals surface area (Å²) in [6, 6.07) is 10.3. The van der Waals surface area contributed by atoms with Crippen LogP contribution in [-0.2, 0) is 17.6 Å². The van der Waals surface area contributed by atoms with Crippen molar-refractivity contribution in [2.75, 3.05) is 42.6 Å². The van der Waals surface area contributed by atoms with Gasteiger partial charge in [0.25, 0.3) is 0 Å². The maximum absolute atomic E-state index is 13.1. The first-order valence-corrected chi connectivity index (χ1v) is 12.0. The van der Waals surface area contributed by atoms with Gasteiger partial charge in [0.1, 0.15) is 5.82 Å². The Labute approximate surface area is 176 Å². The van der Waals surface area contributed by atoms with Gasteiger partial charge in [-0.15, -0.1) is 0 Å². The number of hydrogen-bond acceptors (Lipinski definition) is 5. The summed E-state index contributed by atoms with van der Waals surface area (Å²) in [5.74, 6) is 4.49. The number of carbonyl (C=O) groups is 1. The summed E-state index contributed by atoms with van der Waals surface area (Å²) in [5, 5.41) is 0. The fraction of sp³-hybridized carbons (Fsp3) is 0.522. The number of benzene rings is 1. The molecule has 1 aromatic heterocycles. The molecule has 6 heteroatoms. The number of hydrogen-bond donors (Lipinski definition) is 0. The first kappa shape index (κ1) is 18.9. The Morgan fingerprint density at radius 2 is 1.83 bits per heavy atom. The lowest BCUT2D eigenvalue weighted by Gasteiger charge is -2.37. The lowest BCUT2D eigenvalue weighted by molar-refractivity contribution is -0.135. The van der Waals surface area contributed by atoms with Gasteiger partial charge in [-0.2, -0.15) is 11.8 Å². The average Bonchev–Trinajstić information content (AvgIpc) is 3.28. The Kier molecular flexibility index (Phi) is 5.44. The van der Waals surface area contributed by atoms with Gasteiger partial charge in [-0.05, 0) is 32.1 Å². The van der Waals surface area contributed by atoms with Gasteiger partial charge in [0.05, 0.1) is 5.92 Å². The first-order valence-electron chi connectivity index (χ1n) is 10.9. The number of rotatable bonds is 3. The van der Waals surface area contributed by atoms with Crippen molar-refractivity contribution in [2.24, 2.45) is 5.92 Å². The molecule has 1 aromatic carbocycles. The van der Waals surface area contributed by atoms with Crippen molar-refractivity contribution < 1.29 is 4.79 Å². The van der Waals surface area contributed by atoms with Crippen molar-refractivity contribution in [1.82, 2.24) is 14.9 Å². The van der Waals surface area contributed by atoms with E-state index in [0.29, 0.717) is 5.91 Å². The molecule has 0 bridgehead atoms. The first-order chi connectivity index (χ1) is 14.3. The molecule has 0 spiro atoms. The largest absolute Gasteiger partial charge is 0.355 e. The van der Waals surface area contributed by atoms with Gasteiger partial charge < -0.3 is 9.80 Å². The zero-order valence-corrected chi connectivity index (χ0v) is 17.7. The third-order valence-corrected chi connectivity index (χ3v) is 7.28. The summed E-state index contributed by atoms with van der Waals surface area (Å²) >= 11 is 1.95. The van der Waals surface area contributed by atoms with Crippen molar-refractivity contribution in [3.8, 4) is 11.4 Å². The number of carbonyl (C=O) groups excluding carboxylic acids is 1. The van der Waals surface area contributed by atoms with E-state index in [1.807, 2.05) is 30.0 Å². The predicted molar refractivity (Wildman–Crippen MR) is 118 cm³/mol. The van der Waals surface area contributed by atoms with Crippen LogP contribution in [0.5, 0.6) is 0 Å². The molecule has 1 aliphatic carbocycles. The zero-order valence-electron chi connectivity index (χ0n) is 16.8. The third-order valence-electron chi connectivity index (χ3n) is 6.34. The second-order valence-corrected chi connectivity index (χ2v) is 9.46. The SMILES string of the molecule is O=C([C@H]1CCCN(c2nc(-c3ccccc3)nc3c2CCC3)C1)N1CCSCC1. The molecule has 2 aliphatic heterocycles. The molecule has 29 heavy (non-hydrogen) atoms. The standard InChI is InChI=1S/C23H28N4OS/c28-23(26-12-14-29-15-13-26)18-8-5-11-27(16-18)22-19-9-4-10-20(19)24-21(25-22)17-6-2-1-3-7-17/h1-3,6-7,18H,4-5,8-16H2/t18-/m0/s1. The van der Waals surface area contributed by atoms with Crippen molar-refractivity contribution in [3.05, 3.63) is 41.6 Å². The summed E-state index contributed by atoms with van der Waals surface area (Å²) in [6.07, 6.45) is 5.29. The number of aryl methyl sites for hydroxylation is 1. The predicted octanol–water partition coefficient (Wildman–Crippen LogP) is 3.42. The molecule has 3 aliphatic rings. The summed E-state index contributed by atoms with van der Waals surface area (Å²) in [7, 11) is 0. The number of aromatic nitrogens is 2. The molecular weight excluding hydrogens is 380 g/mol. The minimum absolute atomic E-state index is 0.0963. The molecule has 2 saturated heterocycles. The maximum Gasteiger partial charge on any atom is 0.227 e. The smallest absolute Gasteiger partial charge is 0.227 e. The molecule has 2 aromatic rings. The van der Waals surface area contributed by atoms with Crippen molar-refractivity contribution in [2.45, 2.75) is 32.1 Å². The molecule has 0 saturated carbocycles. The summed E-state index contributed by atoms with van der Waals surface area (Å²) in [6.45, 7) is 3.58. The van der Waals surface area contributed by atoms with Gasteiger partial charge in [-0.25, -0.2) is 9.97 Å². The highest BCUT2D eigenvalue weighted by atomic mass is 32.2. The van der Waals surface area contributed by atoms with E-state index in [9.17, 15) is 4.79 Å². The van der Waals surface area contributed by atoms with Gasteiger partial charge in [-0.1, -0.05) is 30.3 Å². The molecule has 3 heterocycles. The molecule has 152 valence electrons. The van der Waals surface area contributed by atoms with E-state index in [-0.39, 0.29) is 5.92 Å². The molecule has 5 nitrogen and oxygen atoms in total. The minimum atomic E-state index is 0.0963. The van der Waals surface area contributed by atoms with Gasteiger partial charge in [-0.3, -0.25) is 4.79 Å². The number of anilines is 1. The number of fused-ring (bicyclic) bond motifs is 1. The fourth-order valence-corrected chi connectivity index (χ4v) is 5.71. The van der Waals surface area contributed by atoms with Crippen LogP contribution in [0.15, 0.2) is 30.3 Å². The van der Waals surface area contributed by atoms with Crippen LogP contribution < -0.4 is 4.90 Å². The fourth-order valence-electron chi connectivity index (χ4n) is 4.80. The average molecular weight is 409 g/mol. The van der Waals surface area contributed by atoms with Crippen LogP contribution in [0, 0.1) is 5.92 Å². The highest BCUT2D eigenvalue weighted by molar-refractivity contribution is 7.99. The Morgan fingerprint density at radius 1 is 1.00 bits per heavy atom. The molecule has 5 rings (SSSR count). The van der Waals surface area contributed by atoms with Crippen LogP contribution in [0.2, 0.25) is 0 Å². The Morgan fingerprint density at radius 3 is 2.66 bits per heavy atom. The van der Waals surface area contributed by atoms with E-state index < -0.39 is 0 Å². The van der Waals surface area contributed by atoms with E-state index >= 15 is 0 Å². The monoisotopic (exact) mass is 408 g/mol. The number of thioether (sulfide) groups is 1. The topological polar surface area (TPSA) is 49.3 Å². The Hall–Kier alpha value is -2.08. The van der Waals surface area contributed by atoms with E-state index in [0.717, 1.165) is 87.0 Å². The molecular formula is C23H28N4OS. The lowest BCUT2D eigenvalue weighted by atomic mass is 9.96. The summed E-state index contributed by atoms with van der Waals surface area (Å²) in [5.41, 5.74) is 3.58. The number of amides is 1. The molecule has 2 fully saturated rings. The van der Waals surface area contributed by atoms with Crippen molar-refractivity contribution in [1.29, 1.82) is 0 Å². The van der Waals surface area contributed by atoms with Gasteiger partial charge in [0.2, 0.25) is 5.91 Å². The number of piperidine rings is 1. The van der Waals surface area contributed by atoms with Crippen LogP contribution in [0.4, 0.5) is 5.82 Å². The van der Waals surface area contributed by atoms with E-state index in [1.54, 1.807) is 0 Å². The van der Waals surface area contributed by atoms with Gasteiger partial charge in [0, 0.05) is 54.5 Å². The normalized spacial score (nSPS) is 21.9. The van der Waals surface area contributed by atoms with E-state index in [4.69, 9.17) is 9.97 Å². The minimum Gasteiger partial charge on any atom is -0.355 e. The van der Waals surface area contributed by atoms with Crippen LogP contribution in [0.25, 0.3) is 11.4 Å². The van der Waals surface area contributed by atoms with Gasteiger partial charge in [0.15, 0.2) is 5.82 Å². The van der Waals surface area contributed by atoms with Crippen molar-refractivity contribution in [3.63, 3.8) is 0 Å². The summed E-state index contributed by atoms with van der Waals surface area (Å²) in [4.78, 5) is 27.5. The lowest BCUT2D eigenvalue weighted by Crippen LogP contribution is -2.47. The van der Waals surface area contributed by atoms with Crippen molar-refractivity contribution >= 4 is 23.5 Å². The molecule has 0 N–H and O–H groups in total. The van der Waals surface area contributed by atoms with E-state index in [2.05, 4.69) is 21.9 Å². The zero-order chi connectivity index (χ0) is 19.6. The van der Waals surface area contributed by atoms with Crippen LogP contribution >= 0.6 is 11.8 Å². The second-order valence-electron chi connectivity index (χ2n) is 8.24. The van der Waals surface area contributed by atoms with Crippen LogP contribution in [-0.4, -0.2) is 58.5 Å². The number of nitrogens with zero attached hydrogens (tertiary/aromatic N) is 4. The Bertz CT molecular complexity index is 882. The van der Waals surface area contributed by atoms with Crippen LogP contribution in [0.3, 0.4) is 0 Å². The molecule has 0 unspecified atom stereocenters. The Balaban J connectivity index is 1.42. The maximum atomic E-state index is 13.1. The molecule has 1 amide bonds. The highest BCUT2D eigenvalue weighted by Crippen LogP contribution is 2.34. The van der Waals surface area contributed by atoms with Crippen LogP contribution in [0.1, 0.15) is 30.5 Å². The highest BCUT2D eigenvalue weighted by Gasteiger charge is 2.32. The quantitative estimate of drug-likeness (QED) is 0.779. The third kappa shape index (κ3) is 3.87.